The van der Waals surface area contributed by atoms with Crippen LogP contribution in [-0.2, 0) is 16.0 Å². The van der Waals surface area contributed by atoms with Crippen molar-refractivity contribution in [2.24, 2.45) is 0 Å². The van der Waals surface area contributed by atoms with E-state index in [0.29, 0.717) is 17.4 Å². The lowest BCUT2D eigenvalue weighted by Crippen LogP contribution is -2.42. The SMILES string of the molecule is CCCCCCCCC=CCCCCCCCC(=O)NC(Cc1c[nH]c2ccc(F)cc12)C(=O)O. The van der Waals surface area contributed by atoms with E-state index in [1.807, 2.05) is 0 Å². The molecule has 5 nitrogen and oxygen atoms in total. The number of carboxylic acid groups (broad SMARTS) is 1. The van der Waals surface area contributed by atoms with Crippen LogP contribution in [0.3, 0.4) is 0 Å². The van der Waals surface area contributed by atoms with Crippen LogP contribution in [0.1, 0.15) is 102 Å². The second-order valence-electron chi connectivity index (χ2n) is 9.50. The molecule has 1 heterocycles. The topological polar surface area (TPSA) is 82.2 Å². The number of rotatable bonds is 19. The minimum absolute atomic E-state index is 0.108. The maximum absolute atomic E-state index is 13.6. The lowest BCUT2D eigenvalue weighted by Gasteiger charge is -2.14. The number of H-pyrrole nitrogens is 1. The van der Waals surface area contributed by atoms with Gasteiger partial charge in [0.25, 0.3) is 0 Å². The quantitative estimate of drug-likeness (QED) is 0.142. The molecular formula is C29H43FN2O3. The Kier molecular flexibility index (Phi) is 13.8. The van der Waals surface area contributed by atoms with Gasteiger partial charge in [-0.2, -0.15) is 0 Å². The summed E-state index contributed by atoms with van der Waals surface area (Å²) in [5.41, 5.74) is 1.42. The van der Waals surface area contributed by atoms with Crippen molar-refractivity contribution in [3.05, 3.63) is 47.9 Å². The van der Waals surface area contributed by atoms with Crippen LogP contribution in [0.5, 0.6) is 0 Å². The van der Waals surface area contributed by atoms with Crippen LogP contribution in [0.2, 0.25) is 0 Å². The zero-order valence-corrected chi connectivity index (χ0v) is 21.3. The van der Waals surface area contributed by atoms with Gasteiger partial charge >= 0.3 is 5.97 Å². The summed E-state index contributed by atoms with van der Waals surface area (Å²) in [6.07, 6.45) is 22.2. The molecule has 1 aromatic carbocycles. The molecule has 0 bridgehead atoms. The summed E-state index contributed by atoms with van der Waals surface area (Å²) in [7, 11) is 0. The molecule has 0 aliphatic heterocycles. The molecule has 1 amide bonds. The standard InChI is InChI=1S/C29H43FN2O3/c1-2-3-4-5-6-7-8-9-10-11-12-13-14-15-16-17-28(33)32-27(29(34)35)20-23-22-31-26-19-18-24(30)21-25(23)26/h9-10,18-19,21-22,27,31H,2-8,11-17,20H2,1H3,(H,32,33)(H,34,35). The highest BCUT2D eigenvalue weighted by molar-refractivity contribution is 5.86. The first kappa shape index (κ1) is 28.6. The number of unbranched alkanes of at least 4 members (excludes halogenated alkanes) is 11. The highest BCUT2D eigenvalue weighted by Gasteiger charge is 2.21. The molecule has 0 radical (unpaired) electrons. The fourth-order valence-electron chi connectivity index (χ4n) is 4.36. The summed E-state index contributed by atoms with van der Waals surface area (Å²) in [5.74, 6) is -1.71. The van der Waals surface area contributed by atoms with Gasteiger partial charge in [-0.3, -0.25) is 4.79 Å². The number of aromatic nitrogens is 1. The average molecular weight is 487 g/mol. The molecule has 35 heavy (non-hydrogen) atoms. The number of carbonyl (C=O) groups is 2. The summed E-state index contributed by atoms with van der Waals surface area (Å²) in [6.45, 7) is 2.25. The van der Waals surface area contributed by atoms with Crippen LogP contribution in [0.15, 0.2) is 36.5 Å². The van der Waals surface area contributed by atoms with Crippen LogP contribution in [0, 0.1) is 5.82 Å². The van der Waals surface area contributed by atoms with E-state index in [2.05, 4.69) is 29.4 Å². The van der Waals surface area contributed by atoms with E-state index in [4.69, 9.17) is 0 Å². The molecule has 3 N–H and O–H groups in total. The van der Waals surface area contributed by atoms with Crippen molar-refractivity contribution in [2.75, 3.05) is 0 Å². The van der Waals surface area contributed by atoms with E-state index in [9.17, 15) is 19.1 Å². The van der Waals surface area contributed by atoms with Crippen molar-refractivity contribution < 1.29 is 19.1 Å². The van der Waals surface area contributed by atoms with Crippen molar-refractivity contribution in [1.29, 1.82) is 0 Å². The molecule has 0 fully saturated rings. The Bertz CT molecular complexity index is 922. The first-order valence-electron chi connectivity index (χ1n) is 13.4. The molecule has 0 aliphatic rings. The lowest BCUT2D eigenvalue weighted by molar-refractivity contribution is -0.141. The molecule has 1 unspecified atom stereocenters. The van der Waals surface area contributed by atoms with Gasteiger partial charge in [0, 0.05) is 29.9 Å². The third kappa shape index (κ3) is 11.6. The van der Waals surface area contributed by atoms with Gasteiger partial charge in [-0.1, -0.05) is 70.4 Å². The predicted molar refractivity (Wildman–Crippen MR) is 141 cm³/mol. The van der Waals surface area contributed by atoms with Gasteiger partial charge in [0.05, 0.1) is 0 Å². The lowest BCUT2D eigenvalue weighted by atomic mass is 10.0. The molecule has 0 aliphatic carbocycles. The number of benzene rings is 1. The number of carboxylic acids is 1. The second-order valence-corrected chi connectivity index (χ2v) is 9.50. The molecule has 0 saturated heterocycles. The molecule has 1 aromatic heterocycles. The van der Waals surface area contributed by atoms with Crippen molar-refractivity contribution in [3.63, 3.8) is 0 Å². The Morgan fingerprint density at radius 2 is 1.60 bits per heavy atom. The number of allylic oxidation sites excluding steroid dienone is 2. The third-order valence-corrected chi connectivity index (χ3v) is 6.45. The van der Waals surface area contributed by atoms with E-state index < -0.39 is 12.0 Å². The maximum Gasteiger partial charge on any atom is 0.326 e. The zero-order valence-electron chi connectivity index (χ0n) is 21.3. The van der Waals surface area contributed by atoms with Gasteiger partial charge in [0.15, 0.2) is 0 Å². The Morgan fingerprint density at radius 1 is 0.971 bits per heavy atom. The van der Waals surface area contributed by atoms with E-state index in [1.54, 1.807) is 12.3 Å². The van der Waals surface area contributed by atoms with Gasteiger partial charge in [-0.05, 0) is 55.9 Å². The molecule has 0 saturated carbocycles. The third-order valence-electron chi connectivity index (χ3n) is 6.45. The number of nitrogens with one attached hydrogen (secondary N) is 2. The van der Waals surface area contributed by atoms with Crippen molar-refractivity contribution >= 4 is 22.8 Å². The summed E-state index contributed by atoms with van der Waals surface area (Å²) in [5, 5.41) is 12.8. The number of carbonyl (C=O) groups excluding carboxylic acids is 1. The summed E-state index contributed by atoms with van der Waals surface area (Å²) in [6, 6.07) is 3.32. The first-order valence-corrected chi connectivity index (χ1v) is 13.4. The van der Waals surface area contributed by atoms with Crippen molar-refractivity contribution in [3.8, 4) is 0 Å². The van der Waals surface area contributed by atoms with Crippen LogP contribution in [0.4, 0.5) is 4.39 Å². The Balaban J connectivity index is 1.55. The summed E-state index contributed by atoms with van der Waals surface area (Å²) in [4.78, 5) is 27.0. The number of halogens is 1. The molecule has 0 spiro atoms. The van der Waals surface area contributed by atoms with Gasteiger partial charge in [-0.25, -0.2) is 9.18 Å². The number of aliphatic carboxylic acids is 1. The fourth-order valence-corrected chi connectivity index (χ4v) is 4.36. The van der Waals surface area contributed by atoms with Crippen LogP contribution in [-0.4, -0.2) is 28.0 Å². The van der Waals surface area contributed by atoms with Gasteiger partial charge < -0.3 is 15.4 Å². The number of hydrogen-bond donors (Lipinski definition) is 3. The molecule has 6 heteroatoms. The molecule has 194 valence electrons. The van der Waals surface area contributed by atoms with Crippen LogP contribution in [0.25, 0.3) is 10.9 Å². The van der Waals surface area contributed by atoms with E-state index in [1.165, 1.54) is 63.5 Å². The second kappa shape index (κ2) is 16.9. The predicted octanol–water partition coefficient (Wildman–Crippen LogP) is 7.46. The van der Waals surface area contributed by atoms with Crippen molar-refractivity contribution in [2.45, 2.75) is 109 Å². The summed E-state index contributed by atoms with van der Waals surface area (Å²) >= 11 is 0. The highest BCUT2D eigenvalue weighted by Crippen LogP contribution is 2.21. The van der Waals surface area contributed by atoms with Crippen molar-refractivity contribution in [1.82, 2.24) is 10.3 Å². The Hall–Kier alpha value is -2.63. The van der Waals surface area contributed by atoms with Gasteiger partial charge in [-0.15, -0.1) is 0 Å². The molecular weight excluding hydrogens is 443 g/mol. The number of fused-ring (bicyclic) bond motifs is 1. The minimum Gasteiger partial charge on any atom is -0.480 e. The molecule has 2 rings (SSSR count). The average Bonchev–Trinajstić information content (AvgIpc) is 3.22. The summed E-state index contributed by atoms with van der Waals surface area (Å²) < 4.78 is 13.6. The highest BCUT2D eigenvalue weighted by atomic mass is 19.1. The Morgan fingerprint density at radius 3 is 2.26 bits per heavy atom. The van der Waals surface area contributed by atoms with Crippen LogP contribution >= 0.6 is 0 Å². The van der Waals surface area contributed by atoms with Crippen LogP contribution < -0.4 is 5.32 Å². The minimum atomic E-state index is -1.09. The normalized spacial score (nSPS) is 12.4. The Labute approximate surface area is 209 Å². The number of hydrogen-bond acceptors (Lipinski definition) is 2. The number of amides is 1. The van der Waals surface area contributed by atoms with Gasteiger partial charge in [0.1, 0.15) is 11.9 Å². The molecule has 2 aromatic rings. The molecule has 1 atom stereocenters. The monoisotopic (exact) mass is 486 g/mol. The van der Waals surface area contributed by atoms with E-state index in [0.717, 1.165) is 37.6 Å². The number of aromatic amines is 1. The van der Waals surface area contributed by atoms with Gasteiger partial charge in [0.2, 0.25) is 5.91 Å². The first-order chi connectivity index (χ1) is 17.0. The zero-order chi connectivity index (χ0) is 25.3. The van der Waals surface area contributed by atoms with E-state index >= 15 is 0 Å². The smallest absolute Gasteiger partial charge is 0.326 e. The maximum atomic E-state index is 13.6. The largest absolute Gasteiger partial charge is 0.480 e. The van der Waals surface area contributed by atoms with E-state index in [-0.39, 0.29) is 18.1 Å². The fraction of sp³-hybridized carbons (Fsp3) is 0.586.